The smallest absolute Gasteiger partial charge is 0.340 e. The lowest BCUT2D eigenvalue weighted by atomic mass is 9.96. The van der Waals surface area contributed by atoms with E-state index >= 15 is 0 Å². The molecule has 31 heavy (non-hydrogen) atoms. The third-order valence-corrected chi connectivity index (χ3v) is 5.83. The van der Waals surface area contributed by atoms with Gasteiger partial charge in [-0.15, -0.1) is 0 Å². The minimum atomic E-state index is -0.634. The summed E-state index contributed by atoms with van der Waals surface area (Å²) in [5.41, 5.74) is 1.91. The Hall–Kier alpha value is -3.09. The zero-order valence-corrected chi connectivity index (χ0v) is 18.6. The second-order valence-electron chi connectivity index (χ2n) is 7.71. The average Bonchev–Trinajstić information content (AvgIpc) is 3.15. The normalized spacial score (nSPS) is 16.1. The molecule has 0 spiro atoms. The van der Waals surface area contributed by atoms with Gasteiger partial charge in [0.1, 0.15) is 11.4 Å². The van der Waals surface area contributed by atoms with Crippen molar-refractivity contribution in [2.45, 2.75) is 52.5 Å². The fourth-order valence-electron chi connectivity index (χ4n) is 4.23. The van der Waals surface area contributed by atoms with Crippen LogP contribution in [0.3, 0.4) is 0 Å². The molecule has 166 valence electrons. The van der Waals surface area contributed by atoms with Gasteiger partial charge in [-0.05, 0) is 57.2 Å². The molecule has 0 radical (unpaired) electrons. The van der Waals surface area contributed by atoms with Gasteiger partial charge in [0.2, 0.25) is 0 Å². The molecule has 1 aliphatic heterocycles. The predicted octanol–water partition coefficient (Wildman–Crippen LogP) is 4.15. The largest absolute Gasteiger partial charge is 0.497 e. The Balaban J connectivity index is 2.08. The Bertz CT molecular complexity index is 961. The van der Waals surface area contributed by atoms with Gasteiger partial charge in [0, 0.05) is 23.8 Å². The number of aromatic nitrogens is 1. The summed E-state index contributed by atoms with van der Waals surface area (Å²) in [6, 6.07) is 7.10. The van der Waals surface area contributed by atoms with Crippen LogP contribution in [-0.4, -0.2) is 53.8 Å². The van der Waals surface area contributed by atoms with Gasteiger partial charge >= 0.3 is 5.97 Å². The Kier molecular flexibility index (Phi) is 7.15. The molecular formula is C24H30N2O5. The zero-order valence-electron chi connectivity index (χ0n) is 18.6. The van der Waals surface area contributed by atoms with Crippen LogP contribution in [0.2, 0.25) is 0 Å². The maximum Gasteiger partial charge on any atom is 0.340 e. The molecule has 1 atom stereocenters. The number of Topliss-reactive ketones (excluding diaryl/α,β-unsaturated/α-hetero) is 1. The van der Waals surface area contributed by atoms with Gasteiger partial charge in [-0.2, -0.15) is 0 Å². The number of ether oxygens (including phenoxy) is 2. The van der Waals surface area contributed by atoms with Crippen LogP contribution < -0.4 is 4.74 Å². The van der Waals surface area contributed by atoms with E-state index in [4.69, 9.17) is 9.47 Å². The molecule has 1 N–H and O–H groups in total. The van der Waals surface area contributed by atoms with Crippen molar-refractivity contribution in [3.8, 4) is 16.9 Å². The molecule has 0 aliphatic carbocycles. The highest BCUT2D eigenvalue weighted by atomic mass is 16.5. The van der Waals surface area contributed by atoms with Gasteiger partial charge in [-0.25, -0.2) is 4.79 Å². The first-order chi connectivity index (χ1) is 14.9. The Morgan fingerprint density at radius 2 is 1.84 bits per heavy atom. The number of rotatable bonds is 7. The number of piperidine rings is 1. The predicted molar refractivity (Wildman–Crippen MR) is 117 cm³/mol. The van der Waals surface area contributed by atoms with Crippen molar-refractivity contribution in [3.63, 3.8) is 0 Å². The van der Waals surface area contributed by atoms with E-state index in [9.17, 15) is 14.4 Å². The number of amides is 1. The van der Waals surface area contributed by atoms with Crippen molar-refractivity contribution in [1.29, 1.82) is 0 Å². The van der Waals surface area contributed by atoms with Crippen LogP contribution in [0.4, 0.5) is 0 Å². The number of likely N-dealkylation sites (tertiary alicyclic amines) is 1. The molecular weight excluding hydrogens is 396 g/mol. The van der Waals surface area contributed by atoms with Crippen molar-refractivity contribution >= 4 is 17.7 Å². The highest BCUT2D eigenvalue weighted by Gasteiger charge is 2.34. The standard InChI is InChI=1S/C24H30N2O5/c1-5-17-9-7-8-14-26(17)23(28)22(27)21-20(16-10-12-18(30-4)13-11-16)19(15(3)25-21)24(29)31-6-2/h10-13,17,25H,5-9,14H2,1-4H3/t17-/m1/s1. The van der Waals surface area contributed by atoms with Crippen molar-refractivity contribution in [3.05, 3.63) is 41.2 Å². The van der Waals surface area contributed by atoms with Crippen LogP contribution in [0.25, 0.3) is 11.1 Å². The maximum absolute atomic E-state index is 13.4. The molecule has 0 saturated carbocycles. The summed E-state index contributed by atoms with van der Waals surface area (Å²) in [5.74, 6) is -1.04. The number of aromatic amines is 1. The first-order valence-corrected chi connectivity index (χ1v) is 10.8. The monoisotopic (exact) mass is 426 g/mol. The minimum absolute atomic E-state index is 0.0650. The van der Waals surface area contributed by atoms with Gasteiger partial charge in [0.25, 0.3) is 11.7 Å². The van der Waals surface area contributed by atoms with Crippen LogP contribution in [-0.2, 0) is 9.53 Å². The van der Waals surface area contributed by atoms with E-state index < -0.39 is 17.7 Å². The summed E-state index contributed by atoms with van der Waals surface area (Å²) in [6.07, 6.45) is 3.65. The van der Waals surface area contributed by atoms with Gasteiger partial charge in [0.05, 0.1) is 19.3 Å². The van der Waals surface area contributed by atoms with Gasteiger partial charge in [-0.3, -0.25) is 9.59 Å². The van der Waals surface area contributed by atoms with E-state index in [1.165, 1.54) is 0 Å². The number of benzene rings is 1. The highest BCUT2D eigenvalue weighted by Crippen LogP contribution is 2.33. The molecule has 1 amide bonds. The summed E-state index contributed by atoms with van der Waals surface area (Å²) >= 11 is 0. The van der Waals surface area contributed by atoms with Crippen LogP contribution in [0.5, 0.6) is 5.75 Å². The Morgan fingerprint density at radius 3 is 2.45 bits per heavy atom. The number of esters is 1. The van der Waals surface area contributed by atoms with Crippen molar-refractivity contribution in [2.75, 3.05) is 20.3 Å². The number of nitrogens with zero attached hydrogens (tertiary/aromatic N) is 1. The average molecular weight is 427 g/mol. The highest BCUT2D eigenvalue weighted by molar-refractivity contribution is 6.43. The zero-order chi connectivity index (χ0) is 22.5. The topological polar surface area (TPSA) is 88.7 Å². The third kappa shape index (κ3) is 4.50. The number of aryl methyl sites for hydroxylation is 1. The molecule has 1 aliphatic rings. The fraction of sp³-hybridized carbons (Fsp3) is 0.458. The van der Waals surface area contributed by atoms with Crippen molar-refractivity contribution < 1.29 is 23.9 Å². The summed E-state index contributed by atoms with van der Waals surface area (Å²) < 4.78 is 10.4. The van der Waals surface area contributed by atoms with Gasteiger partial charge < -0.3 is 19.4 Å². The van der Waals surface area contributed by atoms with Crippen LogP contribution >= 0.6 is 0 Å². The van der Waals surface area contributed by atoms with Gasteiger partial charge in [0.15, 0.2) is 0 Å². The summed E-state index contributed by atoms with van der Waals surface area (Å²) in [5, 5.41) is 0. The summed E-state index contributed by atoms with van der Waals surface area (Å²) in [6.45, 7) is 6.24. The molecule has 2 heterocycles. The Labute approximate surface area is 182 Å². The molecule has 1 aromatic heterocycles. The van der Waals surface area contributed by atoms with Crippen molar-refractivity contribution in [1.82, 2.24) is 9.88 Å². The number of ketones is 1. The number of hydrogen-bond donors (Lipinski definition) is 1. The minimum Gasteiger partial charge on any atom is -0.497 e. The number of carbonyl (C=O) groups is 3. The lowest BCUT2D eigenvalue weighted by Crippen LogP contribution is -2.46. The molecule has 1 fully saturated rings. The Morgan fingerprint density at radius 1 is 1.13 bits per heavy atom. The number of hydrogen-bond acceptors (Lipinski definition) is 5. The van der Waals surface area contributed by atoms with Gasteiger partial charge in [-0.1, -0.05) is 19.1 Å². The lowest BCUT2D eigenvalue weighted by molar-refractivity contribution is -0.130. The maximum atomic E-state index is 13.4. The van der Waals surface area contributed by atoms with E-state index in [1.807, 2.05) is 6.92 Å². The summed E-state index contributed by atoms with van der Waals surface area (Å²) in [4.78, 5) is 44.0. The molecule has 2 aromatic rings. The van der Waals surface area contributed by atoms with E-state index in [0.717, 1.165) is 25.7 Å². The van der Waals surface area contributed by atoms with E-state index in [-0.39, 0.29) is 23.9 Å². The number of H-pyrrole nitrogens is 1. The molecule has 3 rings (SSSR count). The third-order valence-electron chi connectivity index (χ3n) is 5.83. The van der Waals surface area contributed by atoms with E-state index in [0.29, 0.717) is 29.1 Å². The lowest BCUT2D eigenvalue weighted by Gasteiger charge is -2.34. The second-order valence-corrected chi connectivity index (χ2v) is 7.71. The quantitative estimate of drug-likeness (QED) is 0.408. The second kappa shape index (κ2) is 9.81. The van der Waals surface area contributed by atoms with E-state index in [2.05, 4.69) is 4.98 Å². The molecule has 7 nitrogen and oxygen atoms in total. The van der Waals surface area contributed by atoms with E-state index in [1.54, 1.807) is 50.1 Å². The molecule has 7 heteroatoms. The first-order valence-electron chi connectivity index (χ1n) is 10.8. The first kappa shape index (κ1) is 22.6. The SMILES string of the molecule is CCOC(=O)c1c(C)[nH]c(C(=O)C(=O)N2CCCC[C@H]2CC)c1-c1ccc(OC)cc1. The van der Waals surface area contributed by atoms with Crippen molar-refractivity contribution in [2.24, 2.45) is 0 Å². The molecule has 1 saturated heterocycles. The summed E-state index contributed by atoms with van der Waals surface area (Å²) in [7, 11) is 1.57. The number of methoxy groups -OCH3 is 1. The fourth-order valence-corrected chi connectivity index (χ4v) is 4.23. The number of carbonyl (C=O) groups excluding carboxylic acids is 3. The number of nitrogens with one attached hydrogen (secondary N) is 1. The molecule has 0 bridgehead atoms. The van der Waals surface area contributed by atoms with Crippen LogP contribution in [0.1, 0.15) is 66.1 Å². The van der Waals surface area contributed by atoms with Crippen LogP contribution in [0.15, 0.2) is 24.3 Å². The molecule has 0 unspecified atom stereocenters. The molecule has 1 aromatic carbocycles. The van der Waals surface area contributed by atoms with Crippen LogP contribution in [0, 0.1) is 6.92 Å².